The lowest BCUT2D eigenvalue weighted by Gasteiger charge is -2.38. The Bertz CT molecular complexity index is 1020. The molecule has 0 unspecified atom stereocenters. The molecule has 5 rings (SSSR count). The molecule has 0 aliphatic carbocycles. The Kier molecular flexibility index (Phi) is 5.22. The molecule has 0 N–H and O–H groups in total. The van der Waals surface area contributed by atoms with Crippen molar-refractivity contribution in [1.29, 1.82) is 0 Å². The van der Waals surface area contributed by atoms with Gasteiger partial charge >= 0.3 is 0 Å². The lowest BCUT2D eigenvalue weighted by atomic mass is 10.0. The van der Waals surface area contributed by atoms with Crippen molar-refractivity contribution in [2.45, 2.75) is 19.3 Å². The van der Waals surface area contributed by atoms with Crippen LogP contribution in [0.3, 0.4) is 0 Å². The number of hydrogen-bond acceptors (Lipinski definition) is 5. The molecule has 0 saturated carbocycles. The van der Waals surface area contributed by atoms with Gasteiger partial charge in [0.1, 0.15) is 5.82 Å². The van der Waals surface area contributed by atoms with Gasteiger partial charge < -0.3 is 14.7 Å². The first-order chi connectivity index (χ1) is 14.8. The molecule has 6 heteroatoms. The average molecular weight is 402 g/mol. The molecule has 154 valence electrons. The van der Waals surface area contributed by atoms with E-state index in [0.717, 1.165) is 80.1 Å². The number of piperidine rings is 1. The second-order valence-corrected chi connectivity index (χ2v) is 8.05. The number of piperazine rings is 1. The number of aromatic nitrogens is 2. The first-order valence-corrected chi connectivity index (χ1v) is 10.9. The van der Waals surface area contributed by atoms with E-state index in [1.807, 2.05) is 41.4 Å². The van der Waals surface area contributed by atoms with Gasteiger partial charge in [-0.25, -0.2) is 4.98 Å². The molecule has 6 nitrogen and oxygen atoms in total. The molecule has 4 heterocycles. The maximum absolute atomic E-state index is 13.4. The number of pyridine rings is 2. The van der Waals surface area contributed by atoms with Gasteiger partial charge in [-0.15, -0.1) is 0 Å². The summed E-state index contributed by atoms with van der Waals surface area (Å²) in [5.74, 6) is 1.14. The van der Waals surface area contributed by atoms with E-state index >= 15 is 0 Å². The Balaban J connectivity index is 1.47. The normalized spacial score (nSPS) is 17.4. The van der Waals surface area contributed by atoms with Gasteiger partial charge in [0.15, 0.2) is 0 Å². The number of anilines is 2. The van der Waals surface area contributed by atoms with Crippen LogP contribution in [0.5, 0.6) is 0 Å². The second-order valence-electron chi connectivity index (χ2n) is 8.05. The predicted octanol–water partition coefficient (Wildman–Crippen LogP) is 3.58. The van der Waals surface area contributed by atoms with Gasteiger partial charge in [0.05, 0.1) is 16.8 Å². The van der Waals surface area contributed by atoms with Crippen molar-refractivity contribution < 1.29 is 4.79 Å². The standard InChI is InChI=1S/C24H27N5O/c30-24(29-12-6-1-7-13-29)20-18-26-21-9-3-2-8-19(21)23(20)28-16-14-27(15-17-28)22-10-4-5-11-25-22/h2-5,8-11,18H,1,6-7,12-17H2. The zero-order valence-electron chi connectivity index (χ0n) is 17.2. The highest BCUT2D eigenvalue weighted by molar-refractivity contribution is 6.07. The summed E-state index contributed by atoms with van der Waals surface area (Å²) in [6.07, 6.45) is 7.02. The van der Waals surface area contributed by atoms with Crippen LogP contribution >= 0.6 is 0 Å². The molecule has 3 aromatic rings. The van der Waals surface area contributed by atoms with Gasteiger partial charge in [-0.2, -0.15) is 0 Å². The molecule has 0 bridgehead atoms. The lowest BCUT2D eigenvalue weighted by Crippen LogP contribution is -2.47. The zero-order chi connectivity index (χ0) is 20.3. The summed E-state index contributed by atoms with van der Waals surface area (Å²) < 4.78 is 0. The van der Waals surface area contributed by atoms with Crippen LogP contribution in [-0.4, -0.2) is 60.0 Å². The third-order valence-corrected chi connectivity index (χ3v) is 6.19. The number of fused-ring (bicyclic) bond motifs is 1. The van der Waals surface area contributed by atoms with Crippen molar-refractivity contribution in [3.05, 3.63) is 60.4 Å². The predicted molar refractivity (Wildman–Crippen MR) is 120 cm³/mol. The number of amides is 1. The topological polar surface area (TPSA) is 52.6 Å². The minimum Gasteiger partial charge on any atom is -0.367 e. The van der Waals surface area contributed by atoms with Gasteiger partial charge in [0.2, 0.25) is 0 Å². The Morgan fingerprint density at radius 3 is 2.27 bits per heavy atom. The van der Waals surface area contributed by atoms with Crippen molar-refractivity contribution in [2.24, 2.45) is 0 Å². The third-order valence-electron chi connectivity index (χ3n) is 6.19. The average Bonchev–Trinajstić information content (AvgIpc) is 2.84. The van der Waals surface area contributed by atoms with Gasteiger partial charge in [-0.3, -0.25) is 9.78 Å². The second kappa shape index (κ2) is 8.30. The van der Waals surface area contributed by atoms with Gasteiger partial charge in [0, 0.05) is 57.0 Å². The Labute approximate surface area is 177 Å². The van der Waals surface area contributed by atoms with Crippen LogP contribution in [0.1, 0.15) is 29.6 Å². The van der Waals surface area contributed by atoms with E-state index in [4.69, 9.17) is 0 Å². The minimum absolute atomic E-state index is 0.120. The van der Waals surface area contributed by atoms with E-state index in [2.05, 4.69) is 31.9 Å². The molecule has 1 amide bonds. The summed E-state index contributed by atoms with van der Waals surface area (Å²) in [6, 6.07) is 14.2. The SMILES string of the molecule is O=C(c1cnc2ccccc2c1N1CCN(c2ccccn2)CC1)N1CCCCC1. The first-order valence-electron chi connectivity index (χ1n) is 10.9. The zero-order valence-corrected chi connectivity index (χ0v) is 17.2. The maximum atomic E-state index is 13.4. The molecule has 2 aliphatic heterocycles. The quantitative estimate of drug-likeness (QED) is 0.671. The summed E-state index contributed by atoms with van der Waals surface area (Å²) in [6.45, 7) is 5.16. The highest BCUT2D eigenvalue weighted by Gasteiger charge is 2.27. The largest absolute Gasteiger partial charge is 0.367 e. The molecule has 0 spiro atoms. The minimum atomic E-state index is 0.120. The Hall–Kier alpha value is -3.15. The molecule has 2 fully saturated rings. The van der Waals surface area contributed by atoms with E-state index in [-0.39, 0.29) is 5.91 Å². The van der Waals surface area contributed by atoms with Crippen molar-refractivity contribution in [1.82, 2.24) is 14.9 Å². The molecule has 2 saturated heterocycles. The van der Waals surface area contributed by atoms with E-state index in [1.54, 1.807) is 6.20 Å². The summed E-state index contributed by atoms with van der Waals surface area (Å²) >= 11 is 0. The number of rotatable bonds is 3. The molecular weight excluding hydrogens is 374 g/mol. The van der Waals surface area contributed by atoms with E-state index in [0.29, 0.717) is 0 Å². The van der Waals surface area contributed by atoms with Crippen LogP contribution in [-0.2, 0) is 0 Å². The number of nitrogens with zero attached hydrogens (tertiary/aromatic N) is 5. The highest BCUT2D eigenvalue weighted by atomic mass is 16.2. The highest BCUT2D eigenvalue weighted by Crippen LogP contribution is 2.32. The van der Waals surface area contributed by atoms with Crippen LogP contribution in [0.15, 0.2) is 54.9 Å². The fourth-order valence-corrected chi connectivity index (χ4v) is 4.59. The van der Waals surface area contributed by atoms with Crippen LogP contribution < -0.4 is 9.80 Å². The van der Waals surface area contributed by atoms with Gasteiger partial charge in [0.25, 0.3) is 5.91 Å². The number of para-hydroxylation sites is 1. The lowest BCUT2D eigenvalue weighted by molar-refractivity contribution is 0.0724. The monoisotopic (exact) mass is 401 g/mol. The fraction of sp³-hybridized carbons (Fsp3) is 0.375. The number of hydrogen-bond donors (Lipinski definition) is 0. The van der Waals surface area contributed by atoms with Crippen molar-refractivity contribution in [2.75, 3.05) is 49.1 Å². The van der Waals surface area contributed by atoms with Crippen LogP contribution in [0.2, 0.25) is 0 Å². The fourth-order valence-electron chi connectivity index (χ4n) is 4.59. The molecule has 1 aromatic carbocycles. The summed E-state index contributed by atoms with van der Waals surface area (Å²) in [7, 11) is 0. The van der Waals surface area contributed by atoms with Crippen molar-refractivity contribution >= 4 is 28.3 Å². The van der Waals surface area contributed by atoms with E-state index in [9.17, 15) is 4.79 Å². The summed E-state index contributed by atoms with van der Waals surface area (Å²) in [5.41, 5.74) is 2.72. The van der Waals surface area contributed by atoms with Crippen LogP contribution in [0.4, 0.5) is 11.5 Å². The number of carbonyl (C=O) groups is 1. The van der Waals surface area contributed by atoms with Gasteiger partial charge in [-0.1, -0.05) is 24.3 Å². The number of benzene rings is 1. The molecule has 2 aromatic heterocycles. The number of carbonyl (C=O) groups excluding carboxylic acids is 1. The maximum Gasteiger partial charge on any atom is 0.257 e. The number of likely N-dealkylation sites (tertiary alicyclic amines) is 1. The molecule has 0 radical (unpaired) electrons. The first kappa shape index (κ1) is 18.9. The molecule has 30 heavy (non-hydrogen) atoms. The van der Waals surface area contributed by atoms with Crippen LogP contribution in [0, 0.1) is 0 Å². The third kappa shape index (κ3) is 3.58. The van der Waals surface area contributed by atoms with Crippen molar-refractivity contribution in [3.63, 3.8) is 0 Å². The molecule has 0 atom stereocenters. The van der Waals surface area contributed by atoms with Crippen LogP contribution in [0.25, 0.3) is 10.9 Å². The van der Waals surface area contributed by atoms with Gasteiger partial charge in [-0.05, 0) is 37.5 Å². The van der Waals surface area contributed by atoms with Crippen molar-refractivity contribution in [3.8, 4) is 0 Å². The molecular formula is C24H27N5O. The van der Waals surface area contributed by atoms with E-state index < -0.39 is 0 Å². The van der Waals surface area contributed by atoms with E-state index in [1.165, 1.54) is 6.42 Å². The summed E-state index contributed by atoms with van der Waals surface area (Å²) in [4.78, 5) is 29.2. The summed E-state index contributed by atoms with van der Waals surface area (Å²) in [5, 5.41) is 1.06. The Morgan fingerprint density at radius 2 is 1.50 bits per heavy atom. The molecule has 2 aliphatic rings. The Morgan fingerprint density at radius 1 is 0.767 bits per heavy atom. The smallest absolute Gasteiger partial charge is 0.257 e.